The van der Waals surface area contributed by atoms with Crippen molar-refractivity contribution in [2.45, 2.75) is 44.1 Å². The van der Waals surface area contributed by atoms with Crippen LogP contribution in [0.4, 0.5) is 4.79 Å². The molecule has 8 nitrogen and oxygen atoms in total. The molecule has 0 spiro atoms. The lowest BCUT2D eigenvalue weighted by Gasteiger charge is -2.19. The molecular formula is C25H30N2O6. The van der Waals surface area contributed by atoms with E-state index in [0.29, 0.717) is 19.4 Å². The maximum absolute atomic E-state index is 12.5. The van der Waals surface area contributed by atoms with E-state index in [1.807, 2.05) is 48.5 Å². The van der Waals surface area contributed by atoms with Crippen molar-refractivity contribution in [3.63, 3.8) is 0 Å². The number of carbonyl (C=O) groups is 3. The summed E-state index contributed by atoms with van der Waals surface area (Å²) in [5.74, 6) is -1.61. The number of fused-ring (bicyclic) bond motifs is 3. The highest BCUT2D eigenvalue weighted by Crippen LogP contribution is 2.44. The first-order chi connectivity index (χ1) is 16.0. The average Bonchev–Trinajstić information content (AvgIpc) is 3.13. The predicted molar refractivity (Wildman–Crippen MR) is 123 cm³/mol. The summed E-state index contributed by atoms with van der Waals surface area (Å²) in [5.41, 5.74) is 4.38. The highest BCUT2D eigenvalue weighted by Gasteiger charge is 2.29. The molecule has 0 radical (unpaired) electrons. The fourth-order valence-electron chi connectivity index (χ4n) is 4.07. The third-order valence-corrected chi connectivity index (χ3v) is 5.73. The van der Waals surface area contributed by atoms with Gasteiger partial charge in [0.05, 0.1) is 0 Å². The van der Waals surface area contributed by atoms with Crippen LogP contribution in [0.25, 0.3) is 11.1 Å². The van der Waals surface area contributed by atoms with Gasteiger partial charge in [-0.1, -0.05) is 48.5 Å². The van der Waals surface area contributed by atoms with E-state index in [1.165, 1.54) is 0 Å². The van der Waals surface area contributed by atoms with Gasteiger partial charge in [0.15, 0.2) is 0 Å². The van der Waals surface area contributed by atoms with Crippen molar-refractivity contribution in [2.24, 2.45) is 0 Å². The first-order valence-corrected chi connectivity index (χ1v) is 11.2. The number of carboxylic acids is 1. The molecule has 2 amide bonds. The summed E-state index contributed by atoms with van der Waals surface area (Å²) in [6.07, 6.45) is 1.03. The molecule has 3 rings (SSSR count). The Balaban J connectivity index is 1.58. The zero-order chi connectivity index (χ0) is 23.6. The van der Waals surface area contributed by atoms with E-state index in [-0.39, 0.29) is 32.0 Å². The Labute approximate surface area is 193 Å². The van der Waals surface area contributed by atoms with Crippen LogP contribution in [-0.2, 0) is 14.3 Å². The Bertz CT molecular complexity index is 931. The number of ether oxygens (including phenoxy) is 1. The van der Waals surface area contributed by atoms with Gasteiger partial charge in [0.25, 0.3) is 0 Å². The molecule has 2 aromatic carbocycles. The molecule has 0 aromatic heterocycles. The van der Waals surface area contributed by atoms with E-state index in [9.17, 15) is 14.4 Å². The molecule has 0 saturated carbocycles. The number of hydrogen-bond donors (Lipinski definition) is 4. The number of benzene rings is 2. The molecule has 0 heterocycles. The minimum Gasteiger partial charge on any atom is -0.481 e. The van der Waals surface area contributed by atoms with Gasteiger partial charge in [0, 0.05) is 25.5 Å². The van der Waals surface area contributed by atoms with Gasteiger partial charge >= 0.3 is 12.1 Å². The number of aliphatic carboxylic acids is 1. The number of hydrogen-bond acceptors (Lipinski definition) is 5. The van der Waals surface area contributed by atoms with Gasteiger partial charge in [0.1, 0.15) is 12.6 Å². The summed E-state index contributed by atoms with van der Waals surface area (Å²) in [5, 5.41) is 23.0. The molecule has 0 unspecified atom stereocenters. The summed E-state index contributed by atoms with van der Waals surface area (Å²) >= 11 is 0. The molecule has 33 heavy (non-hydrogen) atoms. The lowest BCUT2D eigenvalue weighted by molar-refractivity contribution is -0.137. The summed E-state index contributed by atoms with van der Waals surface area (Å²) in [7, 11) is 0. The molecule has 2 aromatic rings. The number of aliphatic hydroxyl groups excluding tert-OH is 1. The summed E-state index contributed by atoms with van der Waals surface area (Å²) in [6.45, 7) is 0.585. The van der Waals surface area contributed by atoms with Crippen LogP contribution in [0.3, 0.4) is 0 Å². The van der Waals surface area contributed by atoms with E-state index in [4.69, 9.17) is 14.9 Å². The number of aliphatic hydroxyl groups is 1. The zero-order valence-electron chi connectivity index (χ0n) is 18.5. The molecular weight excluding hydrogens is 424 g/mol. The summed E-state index contributed by atoms with van der Waals surface area (Å²) in [4.78, 5) is 36.0. The van der Waals surface area contributed by atoms with Crippen LogP contribution in [0.5, 0.6) is 0 Å². The van der Waals surface area contributed by atoms with E-state index >= 15 is 0 Å². The maximum atomic E-state index is 12.5. The number of rotatable bonds is 12. The molecule has 1 aliphatic carbocycles. The van der Waals surface area contributed by atoms with Crippen molar-refractivity contribution in [2.75, 3.05) is 19.8 Å². The lowest BCUT2D eigenvalue weighted by atomic mass is 9.98. The first-order valence-electron chi connectivity index (χ1n) is 11.2. The van der Waals surface area contributed by atoms with Crippen LogP contribution in [0, 0.1) is 0 Å². The van der Waals surface area contributed by atoms with Gasteiger partial charge in [-0.2, -0.15) is 0 Å². The maximum Gasteiger partial charge on any atom is 0.407 e. The summed E-state index contributed by atoms with van der Waals surface area (Å²) in [6, 6.07) is 15.0. The topological polar surface area (TPSA) is 125 Å². The lowest BCUT2D eigenvalue weighted by Crippen LogP contribution is -2.47. The molecule has 0 bridgehead atoms. The van der Waals surface area contributed by atoms with Gasteiger partial charge in [-0.3, -0.25) is 9.59 Å². The SMILES string of the molecule is O=C(O)CC[C@H](NC(=O)OCC1c2ccccc2-c2ccccc21)C(=O)NCCCCCO. The van der Waals surface area contributed by atoms with Crippen molar-refractivity contribution >= 4 is 18.0 Å². The predicted octanol–water partition coefficient (Wildman–Crippen LogP) is 3.04. The van der Waals surface area contributed by atoms with Gasteiger partial charge in [-0.05, 0) is 47.9 Å². The second-order valence-corrected chi connectivity index (χ2v) is 8.03. The first kappa shape index (κ1) is 24.3. The molecule has 176 valence electrons. The molecule has 1 aliphatic rings. The minimum absolute atomic E-state index is 0.0397. The van der Waals surface area contributed by atoms with Gasteiger partial charge < -0.3 is 25.6 Å². The van der Waals surface area contributed by atoms with E-state index in [1.54, 1.807) is 0 Å². The number of carboxylic acid groups (broad SMARTS) is 1. The second-order valence-electron chi connectivity index (χ2n) is 8.03. The number of unbranched alkanes of at least 4 members (excludes halogenated alkanes) is 2. The van der Waals surface area contributed by atoms with Crippen molar-refractivity contribution in [1.29, 1.82) is 0 Å². The van der Waals surface area contributed by atoms with Crippen molar-refractivity contribution in [1.82, 2.24) is 10.6 Å². The largest absolute Gasteiger partial charge is 0.481 e. The molecule has 0 saturated heterocycles. The smallest absolute Gasteiger partial charge is 0.407 e. The van der Waals surface area contributed by atoms with Crippen LogP contribution >= 0.6 is 0 Å². The molecule has 4 N–H and O–H groups in total. The number of carbonyl (C=O) groups excluding carboxylic acids is 2. The summed E-state index contributed by atoms with van der Waals surface area (Å²) < 4.78 is 5.48. The quantitative estimate of drug-likeness (QED) is 0.365. The van der Waals surface area contributed by atoms with Gasteiger partial charge in [0.2, 0.25) is 5.91 Å². The molecule has 8 heteroatoms. The Hall–Kier alpha value is -3.39. The van der Waals surface area contributed by atoms with Crippen molar-refractivity contribution in [3.8, 4) is 11.1 Å². The Morgan fingerprint density at radius 3 is 2.18 bits per heavy atom. The zero-order valence-corrected chi connectivity index (χ0v) is 18.5. The monoisotopic (exact) mass is 454 g/mol. The Kier molecular flexibility index (Phi) is 8.83. The third-order valence-electron chi connectivity index (χ3n) is 5.73. The van der Waals surface area contributed by atoms with Crippen LogP contribution in [-0.4, -0.2) is 54.0 Å². The van der Waals surface area contributed by atoms with Gasteiger partial charge in [-0.25, -0.2) is 4.79 Å². The molecule has 0 aliphatic heterocycles. The normalized spacial score (nSPS) is 13.0. The van der Waals surface area contributed by atoms with E-state index in [0.717, 1.165) is 28.7 Å². The number of nitrogens with one attached hydrogen (secondary N) is 2. The Morgan fingerprint density at radius 2 is 1.58 bits per heavy atom. The van der Waals surface area contributed by atoms with E-state index < -0.39 is 24.0 Å². The third kappa shape index (κ3) is 6.55. The van der Waals surface area contributed by atoms with Crippen LogP contribution in [0.15, 0.2) is 48.5 Å². The van der Waals surface area contributed by atoms with Crippen LogP contribution < -0.4 is 10.6 Å². The fourth-order valence-corrected chi connectivity index (χ4v) is 4.07. The fraction of sp³-hybridized carbons (Fsp3) is 0.400. The highest BCUT2D eigenvalue weighted by atomic mass is 16.5. The number of alkyl carbamates (subject to hydrolysis) is 1. The van der Waals surface area contributed by atoms with E-state index in [2.05, 4.69) is 10.6 Å². The Morgan fingerprint density at radius 1 is 0.939 bits per heavy atom. The second kappa shape index (κ2) is 12.0. The van der Waals surface area contributed by atoms with Crippen LogP contribution in [0.1, 0.15) is 49.1 Å². The van der Waals surface area contributed by atoms with Gasteiger partial charge in [-0.15, -0.1) is 0 Å². The number of amides is 2. The van der Waals surface area contributed by atoms with Crippen molar-refractivity contribution < 1.29 is 29.3 Å². The van der Waals surface area contributed by atoms with Crippen molar-refractivity contribution in [3.05, 3.63) is 59.7 Å². The standard InChI is InChI=1S/C25H30N2O6/c28-15-7-1-6-14-26-24(31)22(12-13-23(29)30)27-25(32)33-16-21-19-10-4-2-8-17(19)18-9-3-5-11-20(18)21/h2-5,8-11,21-22,28H,1,6-7,12-16H2,(H,26,31)(H,27,32)(H,29,30)/t22-/m0/s1. The molecule has 1 atom stereocenters. The minimum atomic E-state index is -1.05. The average molecular weight is 455 g/mol. The highest BCUT2D eigenvalue weighted by molar-refractivity contribution is 5.86. The molecule has 0 fully saturated rings. The van der Waals surface area contributed by atoms with Crippen LogP contribution in [0.2, 0.25) is 0 Å².